The summed E-state index contributed by atoms with van der Waals surface area (Å²) >= 11 is 0. The van der Waals surface area contributed by atoms with Crippen LogP contribution in [-0.2, 0) is 28.7 Å². The molecule has 0 aliphatic rings. The fraction of sp³-hybridized carbons (Fsp3) is 0.567. The van der Waals surface area contributed by atoms with Crippen LogP contribution in [0, 0.1) is 12.3 Å². The quantitative estimate of drug-likeness (QED) is 0.156. The molecular weight excluding hydrogens is 528 g/mol. The first-order chi connectivity index (χ1) is 19.3. The summed E-state index contributed by atoms with van der Waals surface area (Å²) in [5.74, 6) is -0.0479. The predicted octanol–water partition coefficient (Wildman–Crippen LogP) is 2.96. The molecule has 0 fully saturated rings. The minimum Gasteiger partial charge on any atom is -0.466 e. The molecule has 2 unspecified atom stereocenters. The van der Waals surface area contributed by atoms with Gasteiger partial charge in [0.15, 0.2) is 0 Å². The summed E-state index contributed by atoms with van der Waals surface area (Å²) in [7, 11) is 0. The van der Waals surface area contributed by atoms with Crippen LogP contribution in [0.25, 0.3) is 0 Å². The number of alkyl carbamates (subject to hydrolysis) is 1. The maximum atomic E-state index is 14.1. The van der Waals surface area contributed by atoms with E-state index in [1.54, 1.807) is 52.0 Å². The van der Waals surface area contributed by atoms with Crippen LogP contribution in [0.1, 0.15) is 90.3 Å². The average molecular weight is 573 g/mol. The van der Waals surface area contributed by atoms with E-state index < -0.39 is 53.9 Å². The molecule has 4 N–H and O–H groups in total. The largest absolute Gasteiger partial charge is 0.466 e. The van der Waals surface area contributed by atoms with Crippen molar-refractivity contribution >= 4 is 29.8 Å². The summed E-state index contributed by atoms with van der Waals surface area (Å²) in [5.41, 5.74) is 5.33. The molecule has 11 heteroatoms. The molecule has 4 amide bonds. The van der Waals surface area contributed by atoms with Gasteiger partial charge < -0.3 is 30.7 Å². The number of terminal acetylenes is 1. The maximum Gasteiger partial charge on any atom is 0.408 e. The number of nitrogens with two attached hydrogens (primary N) is 1. The Kier molecular flexibility index (Phi) is 15.0. The molecule has 1 rings (SSSR count). The second-order valence-electron chi connectivity index (χ2n) is 10.4. The summed E-state index contributed by atoms with van der Waals surface area (Å²) in [6, 6.07) is 4.06. The van der Waals surface area contributed by atoms with Crippen molar-refractivity contribution in [1.82, 2.24) is 15.5 Å². The molecule has 0 heterocycles. The summed E-state index contributed by atoms with van der Waals surface area (Å²) in [6.07, 6.45) is 7.40. The Balaban J connectivity index is 3.54. The van der Waals surface area contributed by atoms with Gasteiger partial charge in [-0.05, 0) is 45.7 Å². The van der Waals surface area contributed by atoms with Gasteiger partial charge in [-0.3, -0.25) is 19.2 Å². The number of carbonyl (C=O) groups is 5. The number of carbonyl (C=O) groups excluding carboxylic acids is 5. The molecule has 0 aliphatic heterocycles. The van der Waals surface area contributed by atoms with Gasteiger partial charge in [-0.25, -0.2) is 4.79 Å². The van der Waals surface area contributed by atoms with Gasteiger partial charge in [0.05, 0.1) is 19.4 Å². The van der Waals surface area contributed by atoms with Gasteiger partial charge in [0.2, 0.25) is 17.7 Å². The lowest BCUT2D eigenvalue weighted by Crippen LogP contribution is -2.54. The normalized spacial score (nSPS) is 12.3. The number of benzene rings is 1. The molecule has 0 aliphatic carbocycles. The Bertz CT molecular complexity index is 1090. The summed E-state index contributed by atoms with van der Waals surface area (Å²) in [5, 5.41) is 5.15. The molecule has 0 bridgehead atoms. The number of nitrogens with zero attached hydrogens (tertiary/aromatic N) is 1. The molecule has 0 radical (unpaired) electrons. The number of nitrogens with one attached hydrogen (secondary N) is 2. The fourth-order valence-corrected chi connectivity index (χ4v) is 4.06. The molecule has 41 heavy (non-hydrogen) atoms. The second-order valence-corrected chi connectivity index (χ2v) is 10.4. The Hall–Kier alpha value is -4.07. The number of esters is 1. The van der Waals surface area contributed by atoms with Crippen LogP contribution >= 0.6 is 0 Å². The Labute approximate surface area is 242 Å². The van der Waals surface area contributed by atoms with E-state index in [0.29, 0.717) is 17.5 Å². The third-order valence-electron chi connectivity index (χ3n) is 5.83. The lowest BCUT2D eigenvalue weighted by atomic mass is 9.96. The topological polar surface area (TPSA) is 157 Å². The molecule has 1 aromatic carbocycles. The monoisotopic (exact) mass is 572 g/mol. The Morgan fingerprint density at radius 1 is 1.07 bits per heavy atom. The molecule has 0 saturated carbocycles. The number of rotatable bonds is 16. The fourth-order valence-electron chi connectivity index (χ4n) is 4.06. The van der Waals surface area contributed by atoms with E-state index in [1.165, 1.54) is 4.90 Å². The number of unbranched alkanes of at least 4 members (excludes halogenated alkanes) is 3. The maximum absolute atomic E-state index is 14.1. The zero-order valence-electron chi connectivity index (χ0n) is 24.8. The Morgan fingerprint density at radius 3 is 2.34 bits per heavy atom. The van der Waals surface area contributed by atoms with Crippen LogP contribution in [-0.4, -0.2) is 66.0 Å². The van der Waals surface area contributed by atoms with E-state index >= 15 is 0 Å². The highest BCUT2D eigenvalue weighted by atomic mass is 16.6. The van der Waals surface area contributed by atoms with Crippen molar-refractivity contribution in [1.29, 1.82) is 0 Å². The van der Waals surface area contributed by atoms with Gasteiger partial charge in [0.25, 0.3) is 0 Å². The number of primary amides is 1. The average Bonchev–Trinajstić information content (AvgIpc) is 2.88. The van der Waals surface area contributed by atoms with Crippen LogP contribution in [0.2, 0.25) is 0 Å². The van der Waals surface area contributed by atoms with Crippen LogP contribution in [0.5, 0.6) is 0 Å². The van der Waals surface area contributed by atoms with Crippen LogP contribution in [0.4, 0.5) is 4.79 Å². The van der Waals surface area contributed by atoms with Crippen molar-refractivity contribution < 1.29 is 33.4 Å². The molecule has 1 aromatic rings. The van der Waals surface area contributed by atoms with Crippen molar-refractivity contribution in [2.45, 2.75) is 90.8 Å². The van der Waals surface area contributed by atoms with Crippen molar-refractivity contribution in [3.05, 3.63) is 35.4 Å². The minimum absolute atomic E-state index is 0.0366. The van der Waals surface area contributed by atoms with Crippen molar-refractivity contribution in [2.24, 2.45) is 5.73 Å². The lowest BCUT2D eigenvalue weighted by Gasteiger charge is -2.34. The highest BCUT2D eigenvalue weighted by Crippen LogP contribution is 2.27. The van der Waals surface area contributed by atoms with Gasteiger partial charge >= 0.3 is 12.1 Å². The third kappa shape index (κ3) is 12.8. The number of amides is 4. The van der Waals surface area contributed by atoms with E-state index in [4.69, 9.17) is 21.6 Å². The van der Waals surface area contributed by atoms with E-state index in [2.05, 4.69) is 16.6 Å². The van der Waals surface area contributed by atoms with Gasteiger partial charge in [0.1, 0.15) is 17.7 Å². The molecular formula is C30H44N4O7. The van der Waals surface area contributed by atoms with Gasteiger partial charge in [-0.2, -0.15) is 0 Å². The predicted molar refractivity (Wildman–Crippen MR) is 154 cm³/mol. The molecule has 0 saturated heterocycles. The first-order valence-electron chi connectivity index (χ1n) is 13.9. The van der Waals surface area contributed by atoms with Gasteiger partial charge in [-0.1, -0.05) is 50.3 Å². The summed E-state index contributed by atoms with van der Waals surface area (Å²) < 4.78 is 10.2. The zero-order chi connectivity index (χ0) is 31.0. The van der Waals surface area contributed by atoms with E-state index in [9.17, 15) is 24.0 Å². The van der Waals surface area contributed by atoms with Crippen molar-refractivity contribution in [2.75, 3.05) is 19.7 Å². The smallest absolute Gasteiger partial charge is 0.408 e. The van der Waals surface area contributed by atoms with E-state index in [1.807, 2.05) is 6.92 Å². The van der Waals surface area contributed by atoms with Crippen LogP contribution in [0.3, 0.4) is 0 Å². The summed E-state index contributed by atoms with van der Waals surface area (Å²) in [6.45, 7) is 8.99. The number of ether oxygens (including phenoxy) is 2. The van der Waals surface area contributed by atoms with E-state index in [-0.39, 0.29) is 26.1 Å². The minimum atomic E-state index is -1.40. The third-order valence-corrected chi connectivity index (χ3v) is 5.83. The molecule has 11 nitrogen and oxygen atoms in total. The highest BCUT2D eigenvalue weighted by Gasteiger charge is 2.37. The Morgan fingerprint density at radius 2 is 1.76 bits per heavy atom. The standard InChI is InChI=1S/C30H44N4O7/c1-7-10-11-14-19-34(28(38)23(20-24(31)35)33-29(39)41-30(4,5)6)26(22-16-13-12-15-21(22)8-2)27(37)32-18-17-25(36)40-9-3/h2,12-13,15-16,23,26H,7,9-11,14,17-20H2,1,3-6H3,(H2,31,35)(H,32,37)(H,33,39). The van der Waals surface area contributed by atoms with Crippen LogP contribution in [0.15, 0.2) is 24.3 Å². The number of hydrogen-bond donors (Lipinski definition) is 3. The zero-order valence-corrected chi connectivity index (χ0v) is 24.8. The van der Waals surface area contributed by atoms with Crippen molar-refractivity contribution in [3.63, 3.8) is 0 Å². The molecule has 226 valence electrons. The van der Waals surface area contributed by atoms with Crippen molar-refractivity contribution in [3.8, 4) is 12.3 Å². The highest BCUT2D eigenvalue weighted by molar-refractivity contribution is 5.94. The first-order valence-corrected chi connectivity index (χ1v) is 13.9. The van der Waals surface area contributed by atoms with Crippen LogP contribution < -0.4 is 16.4 Å². The van der Waals surface area contributed by atoms with Gasteiger partial charge in [-0.15, -0.1) is 6.42 Å². The molecule has 2 atom stereocenters. The lowest BCUT2D eigenvalue weighted by molar-refractivity contribution is -0.144. The molecule has 0 spiro atoms. The van der Waals surface area contributed by atoms with E-state index in [0.717, 1.165) is 19.3 Å². The second kappa shape index (κ2) is 17.6. The number of hydrogen-bond acceptors (Lipinski definition) is 7. The van der Waals surface area contributed by atoms with Gasteiger partial charge in [0, 0.05) is 18.7 Å². The SMILES string of the molecule is C#Cc1ccccc1C(C(=O)NCCC(=O)OCC)N(CCCCCC)C(=O)C(CC(N)=O)NC(=O)OC(C)(C)C. The molecule has 0 aromatic heterocycles. The summed E-state index contributed by atoms with van der Waals surface area (Å²) in [4.78, 5) is 65.5. The first kappa shape index (κ1) is 35.0.